The molecule has 0 atom stereocenters. The van der Waals surface area contributed by atoms with Gasteiger partial charge >= 0.3 is 0 Å². The molecule has 1 aromatic rings. The lowest BCUT2D eigenvalue weighted by atomic mass is 10.0. The minimum atomic E-state index is -0.00107. The SMILES string of the molecule is CCCCCCCCCCCCCCCCCN=c1cc(OCCC)nc(N)n1O. The Morgan fingerprint density at radius 1 is 0.833 bits per heavy atom. The number of hydrogen-bond acceptors (Lipinski definition) is 5. The maximum absolute atomic E-state index is 9.95. The molecule has 0 unspecified atom stereocenters. The van der Waals surface area contributed by atoms with Crippen molar-refractivity contribution in [2.75, 3.05) is 18.9 Å². The smallest absolute Gasteiger partial charge is 0.239 e. The fourth-order valence-electron chi connectivity index (χ4n) is 3.55. The van der Waals surface area contributed by atoms with Gasteiger partial charge in [0.1, 0.15) is 0 Å². The van der Waals surface area contributed by atoms with E-state index in [0.717, 1.165) is 17.6 Å². The molecule has 0 fully saturated rings. The molecule has 174 valence electrons. The van der Waals surface area contributed by atoms with Gasteiger partial charge in [0.15, 0.2) is 5.49 Å². The number of anilines is 1. The molecule has 0 aliphatic carbocycles. The third-order valence-corrected chi connectivity index (χ3v) is 5.40. The largest absolute Gasteiger partial charge is 0.477 e. The maximum Gasteiger partial charge on any atom is 0.239 e. The number of nitrogens with zero attached hydrogens (tertiary/aromatic N) is 3. The lowest BCUT2D eigenvalue weighted by Crippen LogP contribution is -2.24. The first kappa shape index (κ1) is 26.3. The van der Waals surface area contributed by atoms with Gasteiger partial charge in [-0.2, -0.15) is 4.98 Å². The van der Waals surface area contributed by atoms with Gasteiger partial charge in [-0.1, -0.05) is 104 Å². The summed E-state index contributed by atoms with van der Waals surface area (Å²) in [6, 6.07) is 1.64. The second-order valence-corrected chi connectivity index (χ2v) is 8.30. The van der Waals surface area contributed by atoms with Gasteiger partial charge in [-0.05, 0) is 12.8 Å². The molecule has 0 radical (unpaired) electrons. The van der Waals surface area contributed by atoms with E-state index >= 15 is 0 Å². The van der Waals surface area contributed by atoms with Crippen LogP contribution >= 0.6 is 0 Å². The molecule has 6 nitrogen and oxygen atoms in total. The maximum atomic E-state index is 9.95. The zero-order valence-corrected chi connectivity index (χ0v) is 19.6. The fourth-order valence-corrected chi connectivity index (χ4v) is 3.55. The van der Waals surface area contributed by atoms with Crippen LogP contribution in [0.3, 0.4) is 0 Å². The van der Waals surface area contributed by atoms with Crippen molar-refractivity contribution in [2.24, 2.45) is 4.99 Å². The number of nitrogen functional groups attached to an aromatic ring is 1. The molecule has 0 saturated heterocycles. The minimum Gasteiger partial charge on any atom is -0.477 e. The monoisotopic (exact) mass is 422 g/mol. The molecule has 0 aromatic carbocycles. The predicted molar refractivity (Wildman–Crippen MR) is 125 cm³/mol. The van der Waals surface area contributed by atoms with Crippen molar-refractivity contribution in [1.29, 1.82) is 0 Å². The molecule has 1 aromatic heterocycles. The van der Waals surface area contributed by atoms with Crippen LogP contribution in [0.5, 0.6) is 5.88 Å². The van der Waals surface area contributed by atoms with Crippen molar-refractivity contribution >= 4 is 5.95 Å². The molecule has 0 spiro atoms. The lowest BCUT2D eigenvalue weighted by Gasteiger charge is -2.07. The highest BCUT2D eigenvalue weighted by Crippen LogP contribution is 2.13. The molecular weight excluding hydrogens is 376 g/mol. The van der Waals surface area contributed by atoms with Crippen LogP contribution in [-0.4, -0.2) is 28.1 Å². The average Bonchev–Trinajstić information content (AvgIpc) is 2.74. The summed E-state index contributed by atoms with van der Waals surface area (Å²) >= 11 is 0. The summed E-state index contributed by atoms with van der Waals surface area (Å²) < 4.78 is 6.31. The number of rotatable bonds is 19. The Morgan fingerprint density at radius 3 is 1.83 bits per heavy atom. The third kappa shape index (κ3) is 12.8. The van der Waals surface area contributed by atoms with Crippen LogP contribution in [0, 0.1) is 0 Å². The number of unbranched alkanes of at least 4 members (excludes halogenated alkanes) is 14. The summed E-state index contributed by atoms with van der Waals surface area (Å²) in [5, 5.41) is 9.95. The van der Waals surface area contributed by atoms with Crippen molar-refractivity contribution < 1.29 is 9.94 Å². The zero-order valence-electron chi connectivity index (χ0n) is 19.6. The normalized spacial score (nSPS) is 11.9. The highest BCUT2D eigenvalue weighted by atomic mass is 16.5. The summed E-state index contributed by atoms with van der Waals surface area (Å²) in [6.07, 6.45) is 21.1. The first-order valence-corrected chi connectivity index (χ1v) is 12.4. The predicted octanol–water partition coefficient (Wildman–Crippen LogP) is 6.26. The van der Waals surface area contributed by atoms with Crippen molar-refractivity contribution in [3.05, 3.63) is 11.6 Å². The van der Waals surface area contributed by atoms with E-state index in [2.05, 4.69) is 16.9 Å². The van der Waals surface area contributed by atoms with Crippen LogP contribution in [0.1, 0.15) is 117 Å². The van der Waals surface area contributed by atoms with E-state index in [-0.39, 0.29) is 5.95 Å². The van der Waals surface area contributed by atoms with Gasteiger partial charge in [0.05, 0.1) is 6.61 Å². The number of aromatic nitrogens is 2. The molecule has 1 rings (SSSR count). The highest BCUT2D eigenvalue weighted by Gasteiger charge is 2.04. The Morgan fingerprint density at radius 2 is 1.33 bits per heavy atom. The quantitative estimate of drug-likeness (QED) is 0.203. The van der Waals surface area contributed by atoms with E-state index in [9.17, 15) is 5.21 Å². The van der Waals surface area contributed by atoms with Crippen LogP contribution in [0.2, 0.25) is 0 Å². The molecule has 6 heteroatoms. The summed E-state index contributed by atoms with van der Waals surface area (Å²) in [7, 11) is 0. The molecule has 0 aliphatic heterocycles. The summed E-state index contributed by atoms with van der Waals surface area (Å²) in [4.78, 5) is 8.45. The van der Waals surface area contributed by atoms with Crippen LogP contribution in [0.15, 0.2) is 11.1 Å². The van der Waals surface area contributed by atoms with Gasteiger partial charge in [-0.3, -0.25) is 4.99 Å². The van der Waals surface area contributed by atoms with Crippen LogP contribution in [0.4, 0.5) is 5.95 Å². The van der Waals surface area contributed by atoms with E-state index < -0.39 is 0 Å². The molecular formula is C24H46N4O2. The average molecular weight is 423 g/mol. The van der Waals surface area contributed by atoms with Gasteiger partial charge in [0.2, 0.25) is 11.8 Å². The first-order chi connectivity index (χ1) is 14.7. The van der Waals surface area contributed by atoms with Gasteiger partial charge in [0.25, 0.3) is 0 Å². The fraction of sp³-hybridized carbons (Fsp3) is 0.833. The van der Waals surface area contributed by atoms with E-state index in [4.69, 9.17) is 10.5 Å². The van der Waals surface area contributed by atoms with Gasteiger partial charge in [0, 0.05) is 12.6 Å². The highest BCUT2D eigenvalue weighted by molar-refractivity contribution is 5.21. The lowest BCUT2D eigenvalue weighted by molar-refractivity contribution is 0.172. The standard InChI is InChI=1S/C24H46N4O2/c1-3-5-6-7-8-9-10-11-12-13-14-15-16-17-18-19-26-22-21-23(30-20-4-2)27-24(25)28(22)29/h21,29H,3-20H2,1-2H3,(H2,25,27). The number of nitrogens with two attached hydrogens (primary N) is 1. The van der Waals surface area contributed by atoms with E-state index in [1.165, 1.54) is 89.9 Å². The Bertz CT molecular complexity index is 601. The summed E-state index contributed by atoms with van der Waals surface area (Å²) in [6.45, 7) is 5.55. The summed E-state index contributed by atoms with van der Waals surface area (Å²) in [5.74, 6) is 0.411. The number of hydrogen-bond donors (Lipinski definition) is 2. The van der Waals surface area contributed by atoms with Crippen LogP contribution in [-0.2, 0) is 0 Å². The zero-order chi connectivity index (χ0) is 21.9. The first-order valence-electron chi connectivity index (χ1n) is 12.4. The molecule has 0 amide bonds. The molecule has 0 saturated carbocycles. The van der Waals surface area contributed by atoms with Crippen molar-refractivity contribution in [3.63, 3.8) is 0 Å². The van der Waals surface area contributed by atoms with Crippen molar-refractivity contribution in [2.45, 2.75) is 117 Å². The van der Waals surface area contributed by atoms with Crippen LogP contribution < -0.4 is 16.0 Å². The van der Waals surface area contributed by atoms with Gasteiger partial charge in [-0.15, -0.1) is 4.73 Å². The Labute approximate surface area is 183 Å². The number of ether oxygens (including phenoxy) is 1. The van der Waals surface area contributed by atoms with Crippen LogP contribution in [0.25, 0.3) is 0 Å². The minimum absolute atomic E-state index is 0.00107. The van der Waals surface area contributed by atoms with Gasteiger partial charge < -0.3 is 15.7 Å². The molecule has 1 heterocycles. The Balaban J connectivity index is 2.04. The second kappa shape index (κ2) is 18.1. The Hall–Kier alpha value is -1.72. The molecule has 30 heavy (non-hydrogen) atoms. The summed E-state index contributed by atoms with van der Waals surface area (Å²) in [5.41, 5.74) is 6.12. The third-order valence-electron chi connectivity index (χ3n) is 5.40. The molecule has 3 N–H and O–H groups in total. The van der Waals surface area contributed by atoms with E-state index in [0.29, 0.717) is 24.5 Å². The second-order valence-electron chi connectivity index (χ2n) is 8.30. The van der Waals surface area contributed by atoms with Crippen molar-refractivity contribution in [1.82, 2.24) is 9.71 Å². The topological polar surface area (TPSA) is 85.7 Å². The molecule has 0 bridgehead atoms. The van der Waals surface area contributed by atoms with Gasteiger partial charge in [-0.25, -0.2) is 0 Å². The van der Waals surface area contributed by atoms with E-state index in [1.807, 2.05) is 6.92 Å². The molecule has 0 aliphatic rings. The van der Waals surface area contributed by atoms with Crippen molar-refractivity contribution in [3.8, 4) is 5.88 Å². The van der Waals surface area contributed by atoms with E-state index in [1.54, 1.807) is 6.07 Å². The Kier molecular flexibility index (Phi) is 15.9.